The molecule has 0 aliphatic carbocycles. The molecule has 0 N–H and O–H groups in total. The zero-order valence-corrected chi connectivity index (χ0v) is 23.0. The van der Waals surface area contributed by atoms with Crippen molar-refractivity contribution in [3.05, 3.63) is 54.1 Å². The topological polar surface area (TPSA) is 79.8 Å². The van der Waals surface area contributed by atoms with E-state index in [4.69, 9.17) is 9.72 Å². The molecular formula is C27H35N3O4S2. The van der Waals surface area contributed by atoms with Gasteiger partial charge in [0, 0.05) is 25.3 Å². The van der Waals surface area contributed by atoms with E-state index in [1.54, 1.807) is 33.5 Å². The first-order chi connectivity index (χ1) is 17.1. The summed E-state index contributed by atoms with van der Waals surface area (Å²) in [5.41, 5.74) is 1.27. The molecule has 3 aromatic rings. The fourth-order valence-electron chi connectivity index (χ4n) is 4.38. The largest absolute Gasteiger partial charge is 0.376 e. The van der Waals surface area contributed by atoms with Gasteiger partial charge in [-0.2, -0.15) is 4.31 Å². The first-order valence-electron chi connectivity index (χ1n) is 12.5. The molecule has 2 aromatic carbocycles. The van der Waals surface area contributed by atoms with Crippen LogP contribution in [0.5, 0.6) is 0 Å². The van der Waals surface area contributed by atoms with Crippen molar-refractivity contribution < 1.29 is 17.9 Å². The third-order valence-corrected chi connectivity index (χ3v) is 8.95. The molecule has 0 spiro atoms. The number of fused-ring (bicyclic) bond motifs is 1. The van der Waals surface area contributed by atoms with Gasteiger partial charge in [0.25, 0.3) is 5.91 Å². The molecule has 9 heteroatoms. The summed E-state index contributed by atoms with van der Waals surface area (Å²) < 4.78 is 35.1. The molecule has 1 fully saturated rings. The summed E-state index contributed by atoms with van der Waals surface area (Å²) in [6.45, 7) is 10.1. The van der Waals surface area contributed by atoms with Crippen molar-refractivity contribution >= 4 is 42.6 Å². The summed E-state index contributed by atoms with van der Waals surface area (Å²) in [5.74, 6) is 0.203. The van der Waals surface area contributed by atoms with Crippen molar-refractivity contribution in [2.75, 3.05) is 31.1 Å². The van der Waals surface area contributed by atoms with E-state index in [2.05, 4.69) is 0 Å². The number of amides is 1. The Morgan fingerprint density at radius 3 is 2.31 bits per heavy atom. The Morgan fingerprint density at radius 1 is 1.06 bits per heavy atom. The van der Waals surface area contributed by atoms with Crippen LogP contribution < -0.4 is 4.90 Å². The van der Waals surface area contributed by atoms with Crippen LogP contribution in [0.25, 0.3) is 10.2 Å². The zero-order chi connectivity index (χ0) is 25.9. The number of rotatable bonds is 10. The normalized spacial score (nSPS) is 16.5. The highest BCUT2D eigenvalue weighted by atomic mass is 32.2. The number of aromatic nitrogens is 1. The maximum atomic E-state index is 13.7. The van der Waals surface area contributed by atoms with Gasteiger partial charge in [0.15, 0.2) is 5.13 Å². The zero-order valence-electron chi connectivity index (χ0n) is 21.4. The summed E-state index contributed by atoms with van der Waals surface area (Å²) in [6, 6.07) is 14.1. The van der Waals surface area contributed by atoms with Crippen LogP contribution in [-0.2, 0) is 14.8 Å². The second-order valence-corrected chi connectivity index (χ2v) is 13.1. The Bertz CT molecular complexity index is 1240. The monoisotopic (exact) mass is 529 g/mol. The van der Waals surface area contributed by atoms with Crippen LogP contribution in [0, 0.1) is 11.8 Å². The molecule has 0 saturated carbocycles. The molecule has 4 rings (SSSR count). The molecule has 1 aromatic heterocycles. The van der Waals surface area contributed by atoms with E-state index in [0.717, 1.165) is 23.1 Å². The second kappa shape index (κ2) is 11.4. The quantitative estimate of drug-likeness (QED) is 0.350. The van der Waals surface area contributed by atoms with E-state index >= 15 is 0 Å². The highest BCUT2D eigenvalue weighted by Gasteiger charge is 2.29. The van der Waals surface area contributed by atoms with Gasteiger partial charge in [-0.25, -0.2) is 13.4 Å². The van der Waals surface area contributed by atoms with Crippen LogP contribution in [0.15, 0.2) is 53.4 Å². The first-order valence-corrected chi connectivity index (χ1v) is 14.8. The lowest BCUT2D eigenvalue weighted by atomic mass is 10.2. The van der Waals surface area contributed by atoms with Crippen LogP contribution >= 0.6 is 11.3 Å². The summed E-state index contributed by atoms with van der Waals surface area (Å²) in [6.07, 6.45) is 1.83. The molecule has 194 valence electrons. The maximum absolute atomic E-state index is 13.7. The number of nitrogens with zero attached hydrogens (tertiary/aromatic N) is 3. The Hall–Kier alpha value is -2.33. The van der Waals surface area contributed by atoms with Crippen molar-refractivity contribution in [3.63, 3.8) is 0 Å². The van der Waals surface area contributed by atoms with Crippen molar-refractivity contribution in [3.8, 4) is 0 Å². The minimum atomic E-state index is -3.66. The van der Waals surface area contributed by atoms with Gasteiger partial charge in [0.2, 0.25) is 10.0 Å². The number of para-hydroxylation sites is 1. The van der Waals surface area contributed by atoms with Crippen molar-refractivity contribution in [2.45, 2.75) is 51.5 Å². The fourth-order valence-corrected chi connectivity index (χ4v) is 7.12. The Kier molecular flexibility index (Phi) is 8.44. The average molecular weight is 530 g/mol. The predicted octanol–water partition coefficient (Wildman–Crippen LogP) is 5.42. The number of hydrogen-bond acceptors (Lipinski definition) is 6. The minimum Gasteiger partial charge on any atom is -0.376 e. The number of sulfonamides is 1. The molecule has 2 heterocycles. The van der Waals surface area contributed by atoms with Gasteiger partial charge >= 0.3 is 0 Å². The average Bonchev–Trinajstić information content (AvgIpc) is 3.51. The molecule has 1 aliphatic heterocycles. The van der Waals surface area contributed by atoms with E-state index in [1.165, 1.54) is 11.3 Å². The van der Waals surface area contributed by atoms with Gasteiger partial charge in [0.05, 0.1) is 27.8 Å². The van der Waals surface area contributed by atoms with E-state index in [0.29, 0.717) is 36.9 Å². The molecule has 1 amide bonds. The van der Waals surface area contributed by atoms with Crippen molar-refractivity contribution in [1.82, 2.24) is 9.29 Å². The number of carbonyl (C=O) groups is 1. The number of ether oxygens (including phenoxy) is 1. The van der Waals surface area contributed by atoms with Gasteiger partial charge in [-0.3, -0.25) is 9.69 Å². The molecule has 0 radical (unpaired) electrons. The van der Waals surface area contributed by atoms with E-state index in [9.17, 15) is 13.2 Å². The Balaban J connectivity index is 1.61. The third kappa shape index (κ3) is 6.14. The van der Waals surface area contributed by atoms with Crippen LogP contribution in [-0.4, -0.2) is 56.0 Å². The van der Waals surface area contributed by atoms with Gasteiger partial charge < -0.3 is 4.74 Å². The minimum absolute atomic E-state index is 0.0405. The fraction of sp³-hybridized carbons (Fsp3) is 0.481. The van der Waals surface area contributed by atoms with Gasteiger partial charge in [-0.15, -0.1) is 0 Å². The van der Waals surface area contributed by atoms with Crippen molar-refractivity contribution in [1.29, 1.82) is 0 Å². The molecule has 1 aliphatic rings. The number of carbonyl (C=O) groups excluding carboxylic acids is 1. The Labute approximate surface area is 218 Å². The van der Waals surface area contributed by atoms with Gasteiger partial charge in [0.1, 0.15) is 0 Å². The first kappa shape index (κ1) is 26.7. The van der Waals surface area contributed by atoms with Crippen LogP contribution in [0.3, 0.4) is 0 Å². The van der Waals surface area contributed by atoms with Gasteiger partial charge in [-0.1, -0.05) is 51.2 Å². The molecule has 7 nitrogen and oxygen atoms in total. The van der Waals surface area contributed by atoms with E-state index in [1.807, 2.05) is 52.0 Å². The summed E-state index contributed by atoms with van der Waals surface area (Å²) in [4.78, 5) is 20.2. The molecule has 1 atom stereocenters. The smallest absolute Gasteiger partial charge is 0.260 e. The summed E-state index contributed by atoms with van der Waals surface area (Å²) in [7, 11) is -3.66. The number of hydrogen-bond donors (Lipinski definition) is 0. The van der Waals surface area contributed by atoms with Crippen molar-refractivity contribution in [2.24, 2.45) is 11.8 Å². The predicted molar refractivity (Wildman–Crippen MR) is 145 cm³/mol. The highest BCUT2D eigenvalue weighted by molar-refractivity contribution is 7.89. The lowest BCUT2D eigenvalue weighted by Gasteiger charge is -2.26. The Morgan fingerprint density at radius 2 is 1.72 bits per heavy atom. The van der Waals surface area contributed by atoms with Crippen LogP contribution in [0.2, 0.25) is 0 Å². The molecule has 36 heavy (non-hydrogen) atoms. The van der Waals surface area contributed by atoms with Crippen LogP contribution in [0.1, 0.15) is 50.9 Å². The van der Waals surface area contributed by atoms with E-state index < -0.39 is 10.0 Å². The van der Waals surface area contributed by atoms with Crippen LogP contribution in [0.4, 0.5) is 5.13 Å². The standard InChI is InChI=1S/C27H35N3O4S2/c1-19(2)16-29(17-20(3)4)36(32,33)23-13-11-21(12-14-23)26(31)30(18-22-8-7-15-34-22)27-28-24-9-5-6-10-25(24)35-27/h5-6,9-14,19-20,22H,7-8,15-18H2,1-4H3. The number of anilines is 1. The summed E-state index contributed by atoms with van der Waals surface area (Å²) >= 11 is 1.47. The maximum Gasteiger partial charge on any atom is 0.260 e. The lowest BCUT2D eigenvalue weighted by Crippen LogP contribution is -2.38. The lowest BCUT2D eigenvalue weighted by molar-refractivity contribution is 0.0917. The molecule has 1 unspecified atom stereocenters. The summed E-state index contributed by atoms with van der Waals surface area (Å²) in [5, 5.41) is 0.619. The number of thiazole rings is 1. The SMILES string of the molecule is CC(C)CN(CC(C)C)S(=O)(=O)c1ccc(C(=O)N(CC2CCCO2)c2nc3ccccc3s2)cc1. The highest BCUT2D eigenvalue weighted by Crippen LogP contribution is 2.31. The third-order valence-electron chi connectivity index (χ3n) is 6.05. The van der Waals surface area contributed by atoms with E-state index in [-0.39, 0.29) is 28.7 Å². The second-order valence-electron chi connectivity index (χ2n) is 10.1. The number of benzene rings is 2. The molecule has 1 saturated heterocycles. The molecular weight excluding hydrogens is 494 g/mol. The molecule has 0 bridgehead atoms. The van der Waals surface area contributed by atoms with Gasteiger partial charge in [-0.05, 0) is 61.1 Å².